The first-order valence-corrected chi connectivity index (χ1v) is 9.80. The van der Waals surface area contributed by atoms with Crippen molar-refractivity contribution in [2.24, 2.45) is 5.92 Å². The van der Waals surface area contributed by atoms with Gasteiger partial charge in [0.15, 0.2) is 0 Å². The lowest BCUT2D eigenvalue weighted by molar-refractivity contribution is 0.0369. The summed E-state index contributed by atoms with van der Waals surface area (Å²) in [6.45, 7) is 7.05. The number of hydrogen-bond acceptors (Lipinski definition) is 6. The first-order chi connectivity index (χ1) is 11.7. The van der Waals surface area contributed by atoms with Crippen LogP contribution in [0, 0.1) is 19.8 Å². The molecule has 2 saturated heterocycles. The Morgan fingerprint density at radius 2 is 2.17 bits per heavy atom. The Balaban J connectivity index is 1.22. The van der Waals surface area contributed by atoms with Gasteiger partial charge in [0, 0.05) is 42.4 Å². The monoisotopic (exact) mass is 345 g/mol. The predicted molar refractivity (Wildman–Crippen MR) is 91.1 cm³/mol. The van der Waals surface area contributed by atoms with Crippen molar-refractivity contribution in [1.29, 1.82) is 0 Å². The first kappa shape index (κ1) is 15.0. The number of fused-ring (bicyclic) bond motifs is 1. The van der Waals surface area contributed by atoms with Crippen LogP contribution in [0.25, 0.3) is 0 Å². The molecule has 3 aliphatic rings. The third-order valence-electron chi connectivity index (χ3n) is 5.69. The van der Waals surface area contributed by atoms with Gasteiger partial charge in [-0.15, -0.1) is 11.3 Å². The van der Waals surface area contributed by atoms with Gasteiger partial charge in [0.05, 0.1) is 17.5 Å². The second-order valence-corrected chi connectivity index (χ2v) is 8.43. The predicted octanol–water partition coefficient (Wildman–Crippen LogP) is 3.59. The molecule has 1 saturated carbocycles. The van der Waals surface area contributed by atoms with Gasteiger partial charge in [0.2, 0.25) is 0 Å². The molecule has 3 atom stereocenters. The maximum atomic E-state index is 6.36. The highest BCUT2D eigenvalue weighted by Crippen LogP contribution is 2.45. The summed E-state index contributed by atoms with van der Waals surface area (Å²) in [5, 5.41) is 7.51. The van der Waals surface area contributed by atoms with Crippen molar-refractivity contribution >= 4 is 11.3 Å². The van der Waals surface area contributed by atoms with Crippen LogP contribution in [0.4, 0.5) is 0 Å². The van der Waals surface area contributed by atoms with Crippen molar-refractivity contribution in [2.45, 2.75) is 57.8 Å². The fourth-order valence-corrected chi connectivity index (χ4v) is 5.05. The van der Waals surface area contributed by atoms with Crippen LogP contribution in [-0.4, -0.2) is 34.2 Å². The molecule has 4 heterocycles. The normalized spacial score (nSPS) is 30.2. The molecule has 0 aromatic carbocycles. The van der Waals surface area contributed by atoms with Gasteiger partial charge in [0.25, 0.3) is 0 Å². The Labute approximate surface area is 146 Å². The molecule has 0 spiro atoms. The molecule has 2 aromatic heterocycles. The average molecular weight is 345 g/mol. The number of thiazole rings is 1. The zero-order valence-electron chi connectivity index (χ0n) is 14.2. The van der Waals surface area contributed by atoms with Crippen LogP contribution < -0.4 is 0 Å². The molecular weight excluding hydrogens is 322 g/mol. The Hall–Kier alpha value is -1.24. The van der Waals surface area contributed by atoms with Crippen molar-refractivity contribution in [3.8, 4) is 0 Å². The largest absolute Gasteiger partial charge is 0.366 e. The van der Waals surface area contributed by atoms with E-state index in [1.54, 1.807) is 11.3 Å². The Bertz CT molecular complexity index is 718. The maximum Gasteiger partial charge on any atom is 0.138 e. The summed E-state index contributed by atoms with van der Waals surface area (Å²) in [5.74, 6) is 2.31. The van der Waals surface area contributed by atoms with Crippen LogP contribution in [0.3, 0.4) is 0 Å². The molecule has 5 rings (SSSR count). The summed E-state index contributed by atoms with van der Waals surface area (Å²) in [6.07, 6.45) is 4.32. The number of nitrogens with zero attached hydrogens (tertiary/aromatic N) is 3. The average Bonchev–Trinajstić information content (AvgIpc) is 2.89. The number of likely N-dealkylation sites (tertiary alicyclic amines) is 1. The van der Waals surface area contributed by atoms with Crippen LogP contribution in [0.15, 0.2) is 9.90 Å². The smallest absolute Gasteiger partial charge is 0.138 e. The van der Waals surface area contributed by atoms with Gasteiger partial charge in [-0.05, 0) is 33.1 Å². The van der Waals surface area contributed by atoms with E-state index < -0.39 is 0 Å². The van der Waals surface area contributed by atoms with Gasteiger partial charge in [0.1, 0.15) is 16.9 Å². The lowest BCUT2D eigenvalue weighted by Gasteiger charge is -2.18. The lowest BCUT2D eigenvalue weighted by atomic mass is 10.0. The van der Waals surface area contributed by atoms with Crippen molar-refractivity contribution < 1.29 is 9.26 Å². The molecule has 2 aromatic rings. The van der Waals surface area contributed by atoms with Crippen LogP contribution in [0.1, 0.15) is 59.0 Å². The summed E-state index contributed by atoms with van der Waals surface area (Å²) in [4.78, 5) is 7.33. The van der Waals surface area contributed by atoms with E-state index in [-0.39, 0.29) is 6.10 Å². The van der Waals surface area contributed by atoms with Gasteiger partial charge in [-0.3, -0.25) is 4.90 Å². The molecule has 6 heteroatoms. The second kappa shape index (κ2) is 5.64. The van der Waals surface area contributed by atoms with Crippen molar-refractivity contribution in [1.82, 2.24) is 15.0 Å². The van der Waals surface area contributed by atoms with E-state index in [1.165, 1.54) is 29.1 Å². The number of rotatable bonds is 4. The van der Waals surface area contributed by atoms with Gasteiger partial charge in [-0.1, -0.05) is 5.16 Å². The van der Waals surface area contributed by atoms with E-state index in [2.05, 4.69) is 15.4 Å². The van der Waals surface area contributed by atoms with Crippen molar-refractivity contribution in [2.75, 3.05) is 13.1 Å². The standard InChI is InChI=1S/C18H23N3O2S/c1-10-14(11(2)23-20-10)7-21-6-13-5-16(22-17(13)8-21)18-19-15(9-24-18)12-3-4-12/h9,12-13,16-17H,3-8H2,1-2H3/t13-,16-,17+/m1/s1. The third kappa shape index (κ3) is 2.61. The summed E-state index contributed by atoms with van der Waals surface area (Å²) >= 11 is 1.79. The fraction of sp³-hybridized carbons (Fsp3) is 0.667. The van der Waals surface area contributed by atoms with Gasteiger partial charge in [-0.25, -0.2) is 4.98 Å². The Morgan fingerprint density at radius 1 is 1.29 bits per heavy atom. The van der Waals surface area contributed by atoms with Gasteiger partial charge < -0.3 is 9.26 Å². The minimum atomic E-state index is 0.221. The molecule has 0 amide bonds. The van der Waals surface area contributed by atoms with Crippen molar-refractivity contribution in [3.05, 3.63) is 33.1 Å². The zero-order chi connectivity index (χ0) is 16.3. The SMILES string of the molecule is Cc1noc(C)c1CN1C[C@H]2C[C@H](c3nc(C4CC4)cs3)O[C@H]2C1. The molecule has 0 radical (unpaired) electrons. The van der Waals surface area contributed by atoms with Crippen LogP contribution in [0.5, 0.6) is 0 Å². The van der Waals surface area contributed by atoms with Crippen LogP contribution in [0.2, 0.25) is 0 Å². The van der Waals surface area contributed by atoms with Gasteiger partial charge >= 0.3 is 0 Å². The van der Waals surface area contributed by atoms with E-state index in [0.29, 0.717) is 12.0 Å². The minimum Gasteiger partial charge on any atom is -0.366 e. The zero-order valence-corrected chi connectivity index (χ0v) is 15.0. The van der Waals surface area contributed by atoms with Gasteiger partial charge in [-0.2, -0.15) is 0 Å². The number of aryl methyl sites for hydroxylation is 2. The lowest BCUT2D eigenvalue weighted by Crippen LogP contribution is -2.24. The molecule has 3 fully saturated rings. The molecule has 1 aliphatic carbocycles. The molecule has 0 unspecified atom stereocenters. The Morgan fingerprint density at radius 3 is 2.88 bits per heavy atom. The van der Waals surface area contributed by atoms with E-state index in [9.17, 15) is 0 Å². The number of hydrogen-bond donors (Lipinski definition) is 0. The summed E-state index contributed by atoms with van der Waals surface area (Å²) < 4.78 is 11.6. The highest BCUT2D eigenvalue weighted by Gasteiger charge is 2.43. The van der Waals surface area contributed by atoms with E-state index in [1.807, 2.05) is 13.8 Å². The summed E-state index contributed by atoms with van der Waals surface area (Å²) in [7, 11) is 0. The first-order valence-electron chi connectivity index (χ1n) is 8.92. The number of aromatic nitrogens is 2. The van der Waals surface area contributed by atoms with Crippen LogP contribution >= 0.6 is 11.3 Å². The quantitative estimate of drug-likeness (QED) is 0.848. The second-order valence-electron chi connectivity index (χ2n) is 7.54. The third-order valence-corrected chi connectivity index (χ3v) is 6.64. The molecule has 128 valence electrons. The van der Waals surface area contributed by atoms with E-state index in [4.69, 9.17) is 14.2 Å². The molecular formula is C18H23N3O2S. The van der Waals surface area contributed by atoms with Crippen LogP contribution in [-0.2, 0) is 11.3 Å². The van der Waals surface area contributed by atoms with E-state index in [0.717, 1.165) is 43.4 Å². The summed E-state index contributed by atoms with van der Waals surface area (Å²) in [6, 6.07) is 0. The molecule has 2 aliphatic heterocycles. The molecule has 0 N–H and O–H groups in total. The number of ether oxygens (including phenoxy) is 1. The molecule has 24 heavy (non-hydrogen) atoms. The summed E-state index contributed by atoms with van der Waals surface area (Å²) in [5.41, 5.74) is 3.55. The molecule has 5 nitrogen and oxygen atoms in total. The van der Waals surface area contributed by atoms with Crippen molar-refractivity contribution in [3.63, 3.8) is 0 Å². The highest BCUT2D eigenvalue weighted by molar-refractivity contribution is 7.09. The van der Waals surface area contributed by atoms with E-state index >= 15 is 0 Å². The fourth-order valence-electron chi connectivity index (χ4n) is 4.10. The minimum absolute atomic E-state index is 0.221. The molecule has 0 bridgehead atoms. The maximum absolute atomic E-state index is 6.36. The topological polar surface area (TPSA) is 51.4 Å². The highest BCUT2D eigenvalue weighted by atomic mass is 32.1. The Kier molecular flexibility index (Phi) is 3.54.